The molecule has 0 unspecified atom stereocenters. The fourth-order valence-electron chi connectivity index (χ4n) is 1.46. The third kappa shape index (κ3) is 4.24. The molecule has 0 aliphatic heterocycles. The Kier molecular flexibility index (Phi) is 4.36. The lowest BCUT2D eigenvalue weighted by Crippen LogP contribution is -2.25. The van der Waals surface area contributed by atoms with E-state index in [0.29, 0.717) is 5.69 Å². The van der Waals surface area contributed by atoms with Crippen LogP contribution in [0.5, 0.6) is 0 Å². The number of anilines is 2. The molecule has 1 aromatic carbocycles. The Balaban J connectivity index is 2.80. The van der Waals surface area contributed by atoms with Crippen LogP contribution in [0.15, 0.2) is 24.3 Å². The van der Waals surface area contributed by atoms with Gasteiger partial charge in [-0.25, -0.2) is 8.42 Å². The molecule has 0 heterocycles. The maximum Gasteiger partial charge on any atom is 0.113 e. The third-order valence-electron chi connectivity index (χ3n) is 2.56. The van der Waals surface area contributed by atoms with E-state index < -0.39 is 16.0 Å². The van der Waals surface area contributed by atoms with Crippen molar-refractivity contribution in [3.8, 4) is 0 Å². The maximum absolute atomic E-state index is 10.6. The summed E-state index contributed by atoms with van der Waals surface area (Å²) in [6.07, 6.45) is 0. The van der Waals surface area contributed by atoms with Gasteiger partial charge in [0.2, 0.25) is 0 Å². The lowest BCUT2D eigenvalue weighted by atomic mass is 10.2. The molecule has 0 fully saturated rings. The normalized spacial score (nSPS) is 11.3. The van der Waals surface area contributed by atoms with E-state index in [-0.39, 0.29) is 0 Å². The van der Waals surface area contributed by atoms with E-state index in [1.165, 1.54) is 4.90 Å². The molecule has 96 valence electrons. The van der Waals surface area contributed by atoms with Crippen molar-refractivity contribution in [1.82, 2.24) is 0 Å². The number of benzene rings is 1. The van der Waals surface area contributed by atoms with Gasteiger partial charge in [-0.2, -0.15) is 0 Å². The van der Waals surface area contributed by atoms with Gasteiger partial charge in [0.1, 0.15) is 16.0 Å². The minimum atomic E-state index is -4.24. The average molecular weight is 257 g/mol. The molecule has 1 aromatic rings. The third-order valence-corrected chi connectivity index (χ3v) is 3.26. The van der Waals surface area contributed by atoms with E-state index >= 15 is 0 Å². The monoisotopic (exact) mass is 257 g/mol. The minimum absolute atomic E-state index is 0.518. The van der Waals surface area contributed by atoms with Crippen LogP contribution in [0.25, 0.3) is 0 Å². The van der Waals surface area contributed by atoms with Crippen LogP contribution in [0.3, 0.4) is 0 Å². The first-order chi connectivity index (χ1) is 7.83. The van der Waals surface area contributed by atoms with Crippen LogP contribution in [-0.4, -0.2) is 39.5 Å². The summed E-state index contributed by atoms with van der Waals surface area (Å²) < 4.78 is 31.9. The van der Waals surface area contributed by atoms with Gasteiger partial charge in [0.25, 0.3) is 0 Å². The van der Waals surface area contributed by atoms with Gasteiger partial charge in [0.15, 0.2) is 0 Å². The van der Waals surface area contributed by atoms with Crippen LogP contribution < -0.4 is 9.80 Å². The van der Waals surface area contributed by atoms with Crippen molar-refractivity contribution in [2.45, 2.75) is 6.92 Å². The molecular formula is C11H17N2O3S-. The summed E-state index contributed by atoms with van der Waals surface area (Å²) in [5, 5.41) is 0. The first-order valence-electron chi connectivity index (χ1n) is 5.29. The van der Waals surface area contributed by atoms with Crippen molar-refractivity contribution in [3.05, 3.63) is 24.3 Å². The second kappa shape index (κ2) is 5.37. The fourth-order valence-corrected chi connectivity index (χ4v) is 2.08. The summed E-state index contributed by atoms with van der Waals surface area (Å²) >= 11 is 0. The zero-order valence-electron chi connectivity index (χ0n) is 10.3. The lowest BCUT2D eigenvalue weighted by Gasteiger charge is -2.22. The highest BCUT2D eigenvalue weighted by Gasteiger charge is 2.05. The van der Waals surface area contributed by atoms with E-state index in [1.54, 1.807) is 19.2 Å². The molecule has 17 heavy (non-hydrogen) atoms. The van der Waals surface area contributed by atoms with Crippen molar-refractivity contribution in [3.63, 3.8) is 0 Å². The number of hydrogen-bond donors (Lipinski definition) is 0. The highest BCUT2D eigenvalue weighted by atomic mass is 32.2. The fraction of sp³-hybridized carbons (Fsp3) is 0.455. The Morgan fingerprint density at radius 1 is 1.06 bits per heavy atom. The van der Waals surface area contributed by atoms with Crippen molar-refractivity contribution < 1.29 is 13.0 Å². The molecule has 0 aliphatic rings. The Labute approximate surface area is 102 Å². The average Bonchev–Trinajstić information content (AvgIpc) is 2.26. The highest BCUT2D eigenvalue weighted by molar-refractivity contribution is 7.85. The molecule has 0 saturated carbocycles. The predicted octanol–water partition coefficient (Wildman–Crippen LogP) is 1.08. The zero-order valence-corrected chi connectivity index (χ0v) is 11.1. The van der Waals surface area contributed by atoms with Crippen molar-refractivity contribution in [1.29, 1.82) is 0 Å². The Bertz CT molecular complexity index is 456. The van der Waals surface area contributed by atoms with Crippen LogP contribution in [-0.2, 0) is 10.1 Å². The second-order valence-corrected chi connectivity index (χ2v) is 5.29. The number of hydrogen-bond acceptors (Lipinski definition) is 5. The second-order valence-electron chi connectivity index (χ2n) is 3.92. The van der Waals surface area contributed by atoms with Crippen LogP contribution >= 0.6 is 0 Å². The largest absolute Gasteiger partial charge is 0.747 e. The first-order valence-corrected chi connectivity index (χ1v) is 6.87. The van der Waals surface area contributed by atoms with Gasteiger partial charge in [-0.15, -0.1) is 0 Å². The summed E-state index contributed by atoms with van der Waals surface area (Å²) in [5.74, 6) is -0.518. The van der Waals surface area contributed by atoms with E-state index in [9.17, 15) is 13.0 Å². The summed E-state index contributed by atoms with van der Waals surface area (Å²) in [7, 11) is -0.687. The van der Waals surface area contributed by atoms with Gasteiger partial charge in [-0.05, 0) is 31.2 Å². The zero-order chi connectivity index (χ0) is 13.1. The van der Waals surface area contributed by atoms with E-state index in [0.717, 1.165) is 12.2 Å². The first kappa shape index (κ1) is 13.8. The molecule has 0 amide bonds. The molecule has 0 N–H and O–H groups in total. The van der Waals surface area contributed by atoms with Gasteiger partial charge in [-0.3, -0.25) is 0 Å². The van der Waals surface area contributed by atoms with E-state index in [2.05, 4.69) is 4.90 Å². The Hall–Kier alpha value is -1.27. The molecule has 1 rings (SSSR count). The molecule has 0 spiro atoms. The molecule has 0 saturated heterocycles. The van der Waals surface area contributed by atoms with Crippen molar-refractivity contribution >= 4 is 21.5 Å². The molecule has 0 bridgehead atoms. The van der Waals surface area contributed by atoms with Gasteiger partial charge in [0, 0.05) is 32.0 Å². The molecule has 5 nitrogen and oxygen atoms in total. The summed E-state index contributed by atoms with van der Waals surface area (Å²) in [5.41, 5.74) is 1.76. The predicted molar refractivity (Wildman–Crippen MR) is 68.4 cm³/mol. The molecule has 0 atom stereocenters. The SMILES string of the molecule is CCN(C)c1ccc(N(C)CS(=O)(=O)[O-])cc1. The van der Waals surface area contributed by atoms with Gasteiger partial charge >= 0.3 is 0 Å². The van der Waals surface area contributed by atoms with Gasteiger partial charge in [-0.1, -0.05) is 0 Å². The van der Waals surface area contributed by atoms with Gasteiger partial charge in [0.05, 0.1) is 0 Å². The van der Waals surface area contributed by atoms with Gasteiger partial charge < -0.3 is 14.4 Å². The topological polar surface area (TPSA) is 63.7 Å². The van der Waals surface area contributed by atoms with Crippen LogP contribution in [0, 0.1) is 0 Å². The Morgan fingerprint density at radius 3 is 1.82 bits per heavy atom. The van der Waals surface area contributed by atoms with Crippen LogP contribution in [0.1, 0.15) is 6.92 Å². The molecule has 0 radical (unpaired) electrons. The van der Waals surface area contributed by atoms with Crippen LogP contribution in [0.4, 0.5) is 11.4 Å². The van der Waals surface area contributed by atoms with E-state index in [1.807, 2.05) is 26.1 Å². The van der Waals surface area contributed by atoms with Crippen molar-refractivity contribution in [2.24, 2.45) is 0 Å². The Morgan fingerprint density at radius 2 is 1.47 bits per heavy atom. The molecular weight excluding hydrogens is 240 g/mol. The van der Waals surface area contributed by atoms with Crippen molar-refractivity contribution in [2.75, 3.05) is 36.3 Å². The standard InChI is InChI=1S/C11H18N2O3S/c1-4-12(2)10-5-7-11(8-6-10)13(3)9-17(14,15)16/h5-8H,4,9H2,1-3H3,(H,14,15,16)/p-1. The number of rotatable bonds is 5. The maximum atomic E-state index is 10.6. The number of nitrogens with zero attached hydrogens (tertiary/aromatic N) is 2. The summed E-state index contributed by atoms with van der Waals surface area (Å²) in [6.45, 7) is 2.94. The smallest absolute Gasteiger partial charge is 0.113 e. The molecule has 0 aromatic heterocycles. The lowest BCUT2D eigenvalue weighted by molar-refractivity contribution is 0.462. The van der Waals surface area contributed by atoms with Crippen LogP contribution in [0.2, 0.25) is 0 Å². The highest BCUT2D eigenvalue weighted by Crippen LogP contribution is 2.19. The minimum Gasteiger partial charge on any atom is -0.747 e. The van der Waals surface area contributed by atoms with E-state index in [4.69, 9.17) is 0 Å². The summed E-state index contributed by atoms with van der Waals surface area (Å²) in [4.78, 5) is 3.48. The summed E-state index contributed by atoms with van der Waals surface area (Å²) in [6, 6.07) is 7.39. The molecule has 0 aliphatic carbocycles. The quantitative estimate of drug-likeness (QED) is 0.739. The molecule has 6 heteroatoms.